The molecule has 0 amide bonds. The molecule has 182 valence electrons. The number of ether oxygens (including phenoxy) is 1. The monoisotopic (exact) mass is 486 g/mol. The first kappa shape index (κ1) is 24.0. The number of nitrogens with one attached hydrogen (secondary N) is 1. The summed E-state index contributed by atoms with van der Waals surface area (Å²) in [4.78, 5) is 22.4. The van der Waals surface area contributed by atoms with E-state index >= 15 is 0 Å². The lowest BCUT2D eigenvalue weighted by atomic mass is 10.1. The van der Waals surface area contributed by atoms with Gasteiger partial charge in [-0.3, -0.25) is 4.79 Å². The third kappa shape index (κ3) is 4.59. The van der Waals surface area contributed by atoms with Crippen LogP contribution >= 0.6 is 0 Å². The average molecular weight is 487 g/mol. The molecule has 10 nitrogen and oxygen atoms in total. The number of nitrogens with two attached hydrogens (primary N) is 2. The van der Waals surface area contributed by atoms with Crippen molar-refractivity contribution in [1.29, 1.82) is 0 Å². The Balaban J connectivity index is 1.81. The average Bonchev–Trinajstić information content (AvgIpc) is 2.83. The number of piperazine rings is 1. The number of fused-ring (bicyclic) bond motifs is 1. The number of likely N-dealkylation sites (N-methyl/N-ethyl adjacent to an activating group) is 1. The smallest absolute Gasteiger partial charge is 0.259 e. The number of nitrogen functional groups attached to an aromatic ring is 2. The van der Waals surface area contributed by atoms with E-state index in [1.807, 2.05) is 6.92 Å². The molecule has 1 aliphatic heterocycles. The van der Waals surface area contributed by atoms with Crippen LogP contribution < -0.4 is 21.8 Å². The van der Waals surface area contributed by atoms with Gasteiger partial charge < -0.3 is 26.1 Å². The lowest BCUT2D eigenvalue weighted by Gasteiger charge is -2.33. The lowest BCUT2D eigenvalue weighted by molar-refractivity contribution is 0.196. The van der Waals surface area contributed by atoms with Crippen molar-refractivity contribution in [1.82, 2.24) is 19.2 Å². The molecule has 1 saturated heterocycles. The summed E-state index contributed by atoms with van der Waals surface area (Å²) in [6, 6.07) is 7.67. The van der Waals surface area contributed by atoms with E-state index in [-0.39, 0.29) is 16.4 Å². The maximum atomic E-state index is 13.4. The molecule has 3 aromatic rings. The number of H-pyrrole nitrogens is 1. The molecule has 2 aromatic carbocycles. The molecule has 5 N–H and O–H groups in total. The number of benzene rings is 2. The third-order valence-electron chi connectivity index (χ3n) is 5.99. The van der Waals surface area contributed by atoms with Gasteiger partial charge in [0.05, 0.1) is 39.3 Å². The minimum Gasteiger partial charge on any atom is -0.493 e. The summed E-state index contributed by atoms with van der Waals surface area (Å²) in [5, 5.41) is 0.295. The topological polar surface area (TPSA) is 148 Å². The Morgan fingerprint density at radius 3 is 2.44 bits per heavy atom. The number of hydrogen-bond donors (Lipinski definition) is 3. The van der Waals surface area contributed by atoms with E-state index in [9.17, 15) is 13.2 Å². The van der Waals surface area contributed by atoms with Gasteiger partial charge in [-0.1, -0.05) is 13.8 Å². The first-order valence-electron chi connectivity index (χ1n) is 11.3. The predicted molar refractivity (Wildman–Crippen MR) is 133 cm³/mol. The van der Waals surface area contributed by atoms with Gasteiger partial charge in [0, 0.05) is 26.2 Å². The molecular formula is C23H30N6O4S. The summed E-state index contributed by atoms with van der Waals surface area (Å²) >= 11 is 0. The number of nitrogens with zero attached hydrogens (tertiary/aromatic N) is 3. The highest BCUT2D eigenvalue weighted by atomic mass is 32.2. The van der Waals surface area contributed by atoms with Crippen LogP contribution in [0.5, 0.6) is 5.75 Å². The van der Waals surface area contributed by atoms with E-state index in [1.54, 1.807) is 6.07 Å². The molecule has 1 fully saturated rings. The van der Waals surface area contributed by atoms with Crippen molar-refractivity contribution >= 4 is 32.3 Å². The van der Waals surface area contributed by atoms with Crippen LogP contribution in [-0.4, -0.2) is 66.9 Å². The van der Waals surface area contributed by atoms with Crippen molar-refractivity contribution in [2.24, 2.45) is 0 Å². The second-order valence-electron chi connectivity index (χ2n) is 8.26. The van der Waals surface area contributed by atoms with Gasteiger partial charge in [0.2, 0.25) is 10.0 Å². The first-order chi connectivity index (χ1) is 16.2. The molecular weight excluding hydrogens is 456 g/mol. The van der Waals surface area contributed by atoms with Crippen LogP contribution in [0.25, 0.3) is 22.3 Å². The van der Waals surface area contributed by atoms with Crippen LogP contribution in [0.4, 0.5) is 11.4 Å². The standard InChI is InChI=1S/C23H30N6O4S/c1-3-11-33-21-6-5-15(34(31,32)29-9-7-28(4-2)8-10-29)12-17(21)22-26-20-14-19(25)18(24)13-16(20)23(30)27-22/h5-6,12-14H,3-4,7-11,24-25H2,1-2H3,(H,26,27,30). The van der Waals surface area contributed by atoms with Crippen LogP contribution in [-0.2, 0) is 10.0 Å². The molecule has 0 aliphatic carbocycles. The van der Waals surface area contributed by atoms with Gasteiger partial charge in [-0.25, -0.2) is 13.4 Å². The summed E-state index contributed by atoms with van der Waals surface area (Å²) in [5.74, 6) is 0.628. The number of aromatic nitrogens is 2. The summed E-state index contributed by atoms with van der Waals surface area (Å²) < 4.78 is 34.1. The number of anilines is 2. The normalized spacial score (nSPS) is 15.6. The summed E-state index contributed by atoms with van der Waals surface area (Å²) in [7, 11) is -3.73. The summed E-state index contributed by atoms with van der Waals surface area (Å²) in [6.45, 7) is 7.56. The van der Waals surface area contributed by atoms with Crippen molar-refractivity contribution in [3.8, 4) is 17.1 Å². The largest absolute Gasteiger partial charge is 0.493 e. The third-order valence-corrected chi connectivity index (χ3v) is 7.89. The fourth-order valence-electron chi connectivity index (χ4n) is 3.97. The van der Waals surface area contributed by atoms with Crippen LogP contribution in [0, 0.1) is 0 Å². The Labute approximate surface area is 198 Å². The van der Waals surface area contributed by atoms with Crippen molar-refractivity contribution in [3.63, 3.8) is 0 Å². The van der Waals surface area contributed by atoms with Gasteiger partial charge >= 0.3 is 0 Å². The predicted octanol–water partition coefficient (Wildman–Crippen LogP) is 1.87. The highest BCUT2D eigenvalue weighted by Gasteiger charge is 2.29. The Bertz CT molecular complexity index is 1360. The van der Waals surface area contributed by atoms with Crippen LogP contribution in [0.1, 0.15) is 20.3 Å². The Kier molecular flexibility index (Phi) is 6.78. The van der Waals surface area contributed by atoms with E-state index in [2.05, 4.69) is 21.8 Å². The molecule has 1 aromatic heterocycles. The second-order valence-corrected chi connectivity index (χ2v) is 10.2. The molecule has 0 spiro atoms. The van der Waals surface area contributed by atoms with E-state index in [0.717, 1.165) is 13.0 Å². The van der Waals surface area contributed by atoms with Gasteiger partial charge in [-0.15, -0.1) is 0 Å². The van der Waals surface area contributed by atoms with Crippen LogP contribution in [0.3, 0.4) is 0 Å². The molecule has 4 rings (SSSR count). The summed E-state index contributed by atoms with van der Waals surface area (Å²) in [5.41, 5.74) is 12.7. The quantitative estimate of drug-likeness (QED) is 0.429. The second kappa shape index (κ2) is 9.61. The number of aromatic amines is 1. The molecule has 1 aliphatic rings. The van der Waals surface area contributed by atoms with E-state index < -0.39 is 15.6 Å². The van der Waals surface area contributed by atoms with Crippen LogP contribution in [0.2, 0.25) is 0 Å². The maximum absolute atomic E-state index is 13.4. The fraction of sp³-hybridized carbons (Fsp3) is 0.391. The minimum atomic E-state index is -3.73. The maximum Gasteiger partial charge on any atom is 0.259 e. The van der Waals surface area contributed by atoms with E-state index in [1.165, 1.54) is 28.6 Å². The molecule has 0 atom stereocenters. The molecule has 0 radical (unpaired) electrons. The van der Waals surface area contributed by atoms with Crippen LogP contribution in [0.15, 0.2) is 40.0 Å². The van der Waals surface area contributed by atoms with E-state index in [0.29, 0.717) is 60.7 Å². The van der Waals surface area contributed by atoms with Gasteiger partial charge in [0.25, 0.3) is 5.56 Å². The number of hydrogen-bond acceptors (Lipinski definition) is 8. The van der Waals surface area contributed by atoms with Crippen molar-refractivity contribution < 1.29 is 13.2 Å². The SMILES string of the molecule is CCCOc1ccc(S(=O)(=O)N2CCN(CC)CC2)cc1-c1nc2cc(N)c(N)cc2c(=O)[nH]1. The molecule has 34 heavy (non-hydrogen) atoms. The molecule has 2 heterocycles. The van der Waals surface area contributed by atoms with Gasteiger partial charge in [0.15, 0.2) is 0 Å². The first-order valence-corrected chi connectivity index (χ1v) is 12.8. The van der Waals surface area contributed by atoms with Crippen molar-refractivity contribution in [2.75, 3.05) is 50.8 Å². The van der Waals surface area contributed by atoms with Crippen molar-refractivity contribution in [2.45, 2.75) is 25.2 Å². The Hall–Kier alpha value is -3.15. The van der Waals surface area contributed by atoms with Gasteiger partial charge in [0.1, 0.15) is 11.6 Å². The molecule has 0 saturated carbocycles. The Morgan fingerprint density at radius 2 is 1.76 bits per heavy atom. The lowest BCUT2D eigenvalue weighted by Crippen LogP contribution is -2.48. The van der Waals surface area contributed by atoms with Gasteiger partial charge in [-0.2, -0.15) is 4.31 Å². The summed E-state index contributed by atoms with van der Waals surface area (Å²) in [6.07, 6.45) is 0.763. The zero-order valence-electron chi connectivity index (χ0n) is 19.4. The fourth-order valence-corrected chi connectivity index (χ4v) is 5.42. The molecule has 0 bridgehead atoms. The van der Waals surface area contributed by atoms with Crippen molar-refractivity contribution in [3.05, 3.63) is 40.7 Å². The highest BCUT2D eigenvalue weighted by Crippen LogP contribution is 2.32. The molecule has 11 heteroatoms. The minimum absolute atomic E-state index is 0.121. The highest BCUT2D eigenvalue weighted by molar-refractivity contribution is 7.89. The van der Waals surface area contributed by atoms with E-state index in [4.69, 9.17) is 16.2 Å². The number of sulfonamides is 1. The zero-order valence-corrected chi connectivity index (χ0v) is 20.2. The zero-order chi connectivity index (χ0) is 24.5. The molecule has 0 unspecified atom stereocenters. The Morgan fingerprint density at radius 1 is 1.06 bits per heavy atom. The number of rotatable bonds is 7. The van der Waals surface area contributed by atoms with Gasteiger partial charge in [-0.05, 0) is 43.3 Å².